The second kappa shape index (κ2) is 7.60. The van der Waals surface area contributed by atoms with E-state index in [2.05, 4.69) is 15.3 Å². The third-order valence-electron chi connectivity index (χ3n) is 4.96. The van der Waals surface area contributed by atoms with Crippen molar-refractivity contribution in [3.63, 3.8) is 0 Å². The van der Waals surface area contributed by atoms with Gasteiger partial charge in [-0.1, -0.05) is 0 Å². The number of hydrogen-bond acceptors (Lipinski definition) is 5. The molecule has 0 bridgehead atoms. The maximum atomic E-state index is 12.6. The number of likely N-dealkylation sites (tertiary alicyclic amines) is 1. The third kappa shape index (κ3) is 4.31. The Kier molecular flexibility index (Phi) is 5.44. The first-order chi connectivity index (χ1) is 12.3. The number of amides is 2. The van der Waals surface area contributed by atoms with Gasteiger partial charge in [-0.2, -0.15) is 0 Å². The number of rotatable bonds is 6. The molecule has 142 valence electrons. The first-order valence-corrected chi connectivity index (χ1v) is 9.48. The molecule has 7 heteroatoms. The molecule has 26 heavy (non-hydrogen) atoms. The van der Waals surface area contributed by atoms with E-state index in [4.69, 9.17) is 0 Å². The summed E-state index contributed by atoms with van der Waals surface area (Å²) >= 11 is 0. The fourth-order valence-corrected chi connectivity index (χ4v) is 3.33. The zero-order valence-electron chi connectivity index (χ0n) is 16.2. The van der Waals surface area contributed by atoms with E-state index in [1.54, 1.807) is 6.20 Å². The van der Waals surface area contributed by atoms with E-state index in [0.717, 1.165) is 18.7 Å². The largest absolute Gasteiger partial charge is 0.350 e. The maximum absolute atomic E-state index is 12.6. The van der Waals surface area contributed by atoms with Gasteiger partial charge in [-0.05, 0) is 39.0 Å². The highest BCUT2D eigenvalue weighted by atomic mass is 16.2. The molecule has 1 N–H and O–H groups in total. The fraction of sp³-hybridized carbons (Fsp3) is 0.684. The van der Waals surface area contributed by atoms with Crippen LogP contribution in [0.5, 0.6) is 0 Å². The van der Waals surface area contributed by atoms with Crippen molar-refractivity contribution in [3.05, 3.63) is 17.5 Å². The van der Waals surface area contributed by atoms with Crippen LogP contribution < -0.4 is 10.2 Å². The minimum atomic E-state index is -0.150. The first kappa shape index (κ1) is 18.6. The number of carbonyl (C=O) groups is 2. The molecule has 0 aromatic carbocycles. The topological polar surface area (TPSA) is 78.4 Å². The summed E-state index contributed by atoms with van der Waals surface area (Å²) in [6.07, 6.45) is 5.48. The number of nitrogens with zero attached hydrogens (tertiary/aromatic N) is 4. The number of hydrogen-bond donors (Lipinski definition) is 1. The maximum Gasteiger partial charge on any atom is 0.254 e. The lowest BCUT2D eigenvalue weighted by Crippen LogP contribution is -2.32. The zero-order valence-corrected chi connectivity index (χ0v) is 16.2. The Labute approximate surface area is 155 Å². The van der Waals surface area contributed by atoms with Crippen LogP contribution in [0.3, 0.4) is 0 Å². The van der Waals surface area contributed by atoms with E-state index in [9.17, 15) is 9.59 Å². The Bertz CT molecular complexity index is 685. The van der Waals surface area contributed by atoms with E-state index >= 15 is 0 Å². The average molecular weight is 359 g/mol. The van der Waals surface area contributed by atoms with Crippen LogP contribution in [0.2, 0.25) is 0 Å². The molecule has 2 heterocycles. The first-order valence-electron chi connectivity index (χ1n) is 9.48. The molecule has 2 amide bonds. The van der Waals surface area contributed by atoms with Crippen LogP contribution in [0.25, 0.3) is 0 Å². The van der Waals surface area contributed by atoms with Crippen molar-refractivity contribution in [2.75, 3.05) is 32.1 Å². The van der Waals surface area contributed by atoms with E-state index in [0.29, 0.717) is 30.4 Å². The molecular formula is C19H29N5O2. The molecule has 2 aliphatic rings. The minimum absolute atomic E-state index is 0.0454. The predicted octanol–water partition coefficient (Wildman–Crippen LogP) is 1.80. The summed E-state index contributed by atoms with van der Waals surface area (Å²) in [4.78, 5) is 37.8. The molecule has 0 spiro atoms. The molecular weight excluding hydrogens is 330 g/mol. The normalized spacial score (nSPS) is 19.7. The van der Waals surface area contributed by atoms with Crippen LogP contribution in [-0.2, 0) is 4.79 Å². The highest BCUT2D eigenvalue weighted by Gasteiger charge is 2.34. The van der Waals surface area contributed by atoms with Gasteiger partial charge in [0.1, 0.15) is 0 Å². The number of anilines is 1. The highest BCUT2D eigenvalue weighted by Crippen LogP contribution is 2.35. The van der Waals surface area contributed by atoms with Gasteiger partial charge in [-0.3, -0.25) is 9.59 Å². The summed E-state index contributed by atoms with van der Waals surface area (Å²) in [5.41, 5.74) is 1.27. The third-order valence-corrected chi connectivity index (χ3v) is 4.96. The molecule has 2 fully saturated rings. The van der Waals surface area contributed by atoms with Gasteiger partial charge in [0, 0.05) is 51.8 Å². The minimum Gasteiger partial charge on any atom is -0.350 e. The highest BCUT2D eigenvalue weighted by molar-refractivity contribution is 5.95. The molecule has 1 aliphatic heterocycles. The quantitative estimate of drug-likeness (QED) is 0.838. The van der Waals surface area contributed by atoms with Crippen molar-refractivity contribution in [1.29, 1.82) is 0 Å². The smallest absolute Gasteiger partial charge is 0.254 e. The standard InChI is InChI=1S/C19H29N5O2/c1-12(2)21-18(26)15-10-20-19(23(3)4)22-17(15)14-7-8-24(11-14)16(25)9-13-5-6-13/h10,12-14H,5-9,11H2,1-4H3,(H,21,26). The Hall–Kier alpha value is -2.18. The molecule has 1 unspecified atom stereocenters. The lowest BCUT2D eigenvalue weighted by Gasteiger charge is -2.19. The van der Waals surface area contributed by atoms with Gasteiger partial charge < -0.3 is 15.1 Å². The van der Waals surface area contributed by atoms with Gasteiger partial charge in [0.05, 0.1) is 11.3 Å². The molecule has 1 saturated carbocycles. The lowest BCUT2D eigenvalue weighted by molar-refractivity contribution is -0.130. The van der Waals surface area contributed by atoms with Crippen LogP contribution in [0.1, 0.15) is 61.5 Å². The van der Waals surface area contributed by atoms with E-state index in [-0.39, 0.29) is 23.8 Å². The van der Waals surface area contributed by atoms with Crippen molar-refractivity contribution in [3.8, 4) is 0 Å². The Balaban J connectivity index is 1.80. The molecule has 7 nitrogen and oxygen atoms in total. The van der Waals surface area contributed by atoms with Gasteiger partial charge in [0.2, 0.25) is 11.9 Å². The van der Waals surface area contributed by atoms with E-state index in [1.165, 1.54) is 12.8 Å². The van der Waals surface area contributed by atoms with Crippen molar-refractivity contribution < 1.29 is 9.59 Å². The van der Waals surface area contributed by atoms with Crippen LogP contribution in [0.15, 0.2) is 6.20 Å². The van der Waals surface area contributed by atoms with Crippen LogP contribution in [-0.4, -0.2) is 59.9 Å². The van der Waals surface area contributed by atoms with Crippen molar-refractivity contribution >= 4 is 17.8 Å². The Morgan fingerprint density at radius 1 is 1.31 bits per heavy atom. The molecule has 0 radical (unpaired) electrons. The molecule has 1 saturated heterocycles. The van der Waals surface area contributed by atoms with Gasteiger partial charge in [0.25, 0.3) is 5.91 Å². The number of nitrogens with one attached hydrogen (secondary N) is 1. The average Bonchev–Trinajstić information content (AvgIpc) is 3.25. The van der Waals surface area contributed by atoms with Crippen molar-refractivity contribution in [2.24, 2.45) is 5.92 Å². The van der Waals surface area contributed by atoms with E-state index < -0.39 is 0 Å². The molecule has 1 aromatic rings. The lowest BCUT2D eigenvalue weighted by atomic mass is 9.99. The van der Waals surface area contributed by atoms with Crippen LogP contribution in [0, 0.1) is 5.92 Å². The van der Waals surface area contributed by atoms with Gasteiger partial charge >= 0.3 is 0 Å². The van der Waals surface area contributed by atoms with Crippen LogP contribution in [0.4, 0.5) is 5.95 Å². The molecule has 1 aliphatic carbocycles. The van der Waals surface area contributed by atoms with E-state index in [1.807, 2.05) is 37.7 Å². The summed E-state index contributed by atoms with van der Waals surface area (Å²) in [5, 5.41) is 2.93. The summed E-state index contributed by atoms with van der Waals surface area (Å²) in [7, 11) is 3.76. The van der Waals surface area contributed by atoms with Crippen molar-refractivity contribution in [2.45, 2.75) is 51.5 Å². The van der Waals surface area contributed by atoms with Gasteiger partial charge in [0.15, 0.2) is 0 Å². The van der Waals surface area contributed by atoms with Gasteiger partial charge in [-0.15, -0.1) is 0 Å². The fourth-order valence-electron chi connectivity index (χ4n) is 3.33. The molecule has 1 aromatic heterocycles. The molecule has 1 atom stereocenters. The van der Waals surface area contributed by atoms with Crippen molar-refractivity contribution in [1.82, 2.24) is 20.2 Å². The zero-order chi connectivity index (χ0) is 18.8. The van der Waals surface area contributed by atoms with Gasteiger partial charge in [-0.25, -0.2) is 9.97 Å². The predicted molar refractivity (Wildman–Crippen MR) is 100 cm³/mol. The summed E-state index contributed by atoms with van der Waals surface area (Å²) < 4.78 is 0. The second-order valence-corrected chi connectivity index (χ2v) is 7.96. The Morgan fingerprint density at radius 3 is 2.65 bits per heavy atom. The Morgan fingerprint density at radius 2 is 2.04 bits per heavy atom. The number of carbonyl (C=O) groups excluding carboxylic acids is 2. The second-order valence-electron chi connectivity index (χ2n) is 7.96. The monoisotopic (exact) mass is 359 g/mol. The molecule has 3 rings (SSSR count). The summed E-state index contributed by atoms with van der Waals surface area (Å²) in [6, 6.07) is 0.0454. The summed E-state index contributed by atoms with van der Waals surface area (Å²) in [6.45, 7) is 5.24. The number of aromatic nitrogens is 2. The summed E-state index contributed by atoms with van der Waals surface area (Å²) in [5.74, 6) is 1.35. The SMILES string of the molecule is CC(C)NC(=O)c1cnc(N(C)C)nc1C1CCN(C(=O)CC2CC2)C1. The van der Waals surface area contributed by atoms with Crippen LogP contribution >= 0.6 is 0 Å².